The molecule has 1 aromatic carbocycles. The van der Waals surface area contributed by atoms with E-state index >= 15 is 0 Å². The number of fused-ring (bicyclic) bond motifs is 1. The Balaban J connectivity index is 2.14. The Hall–Kier alpha value is -1.53. The zero-order chi connectivity index (χ0) is 14.0. The maximum Gasteiger partial charge on any atom is 0.411 e. The number of benzene rings is 1. The summed E-state index contributed by atoms with van der Waals surface area (Å²) in [6.07, 6.45) is -3.03. The molecular formula is C12H9ClF3NO2. The van der Waals surface area contributed by atoms with Crippen molar-refractivity contribution in [2.75, 3.05) is 13.2 Å². The highest BCUT2D eigenvalue weighted by Gasteiger charge is 2.28. The lowest BCUT2D eigenvalue weighted by Crippen LogP contribution is -2.20. The minimum absolute atomic E-state index is 0.225. The fourth-order valence-corrected chi connectivity index (χ4v) is 1.97. The Morgan fingerprint density at radius 3 is 2.79 bits per heavy atom. The molecule has 0 aliphatic heterocycles. The van der Waals surface area contributed by atoms with E-state index in [1.807, 2.05) is 0 Å². The first kappa shape index (κ1) is 13.9. The predicted octanol–water partition coefficient (Wildman–Crippen LogP) is 3.58. The summed E-state index contributed by atoms with van der Waals surface area (Å²) in [4.78, 5) is 14.6. The van der Waals surface area contributed by atoms with Crippen LogP contribution in [0.2, 0.25) is 5.02 Å². The second-order valence-corrected chi connectivity index (χ2v) is 4.30. The summed E-state index contributed by atoms with van der Waals surface area (Å²) >= 11 is 5.96. The van der Waals surface area contributed by atoms with Crippen LogP contribution in [0.4, 0.5) is 13.2 Å². The Bertz CT molecular complexity index is 607. The van der Waals surface area contributed by atoms with Crippen LogP contribution in [0.5, 0.6) is 0 Å². The average molecular weight is 292 g/mol. The van der Waals surface area contributed by atoms with E-state index in [1.165, 1.54) is 6.20 Å². The Morgan fingerprint density at radius 2 is 2.11 bits per heavy atom. The Kier molecular flexibility index (Phi) is 3.82. The molecule has 1 N–H and O–H groups in total. The first-order valence-electron chi connectivity index (χ1n) is 5.32. The summed E-state index contributed by atoms with van der Waals surface area (Å²) in [7, 11) is 0. The van der Waals surface area contributed by atoms with Crippen LogP contribution in [-0.2, 0) is 4.74 Å². The molecule has 0 radical (unpaired) electrons. The van der Waals surface area contributed by atoms with Crippen molar-refractivity contribution < 1.29 is 22.7 Å². The largest absolute Gasteiger partial charge is 0.411 e. The van der Waals surface area contributed by atoms with Crippen LogP contribution in [0, 0.1) is 0 Å². The number of ether oxygens (including phenoxy) is 1. The number of aromatic nitrogens is 1. The lowest BCUT2D eigenvalue weighted by Gasteiger charge is -2.06. The van der Waals surface area contributed by atoms with Gasteiger partial charge in [-0.05, 0) is 12.1 Å². The van der Waals surface area contributed by atoms with Gasteiger partial charge in [-0.15, -0.1) is 0 Å². The molecule has 0 aliphatic carbocycles. The number of carbonyl (C=O) groups is 1. The van der Waals surface area contributed by atoms with Crippen LogP contribution < -0.4 is 0 Å². The van der Waals surface area contributed by atoms with Crippen LogP contribution in [0.3, 0.4) is 0 Å². The van der Waals surface area contributed by atoms with Crippen molar-refractivity contribution >= 4 is 28.3 Å². The molecule has 7 heteroatoms. The van der Waals surface area contributed by atoms with Crippen molar-refractivity contribution in [2.24, 2.45) is 0 Å². The zero-order valence-corrected chi connectivity index (χ0v) is 10.3. The molecule has 1 heterocycles. The number of aromatic amines is 1. The maximum absolute atomic E-state index is 11.9. The number of Topliss-reactive ketones (excluding diaryl/α,β-unsaturated/α-hetero) is 1. The third kappa shape index (κ3) is 3.27. The highest BCUT2D eigenvalue weighted by molar-refractivity contribution is 6.36. The quantitative estimate of drug-likeness (QED) is 0.875. The van der Waals surface area contributed by atoms with Gasteiger partial charge < -0.3 is 9.72 Å². The van der Waals surface area contributed by atoms with Crippen LogP contribution in [0.1, 0.15) is 10.4 Å². The first-order chi connectivity index (χ1) is 8.88. The number of ketones is 1. The number of rotatable bonds is 4. The third-order valence-electron chi connectivity index (χ3n) is 2.45. The van der Waals surface area contributed by atoms with Crippen molar-refractivity contribution in [3.63, 3.8) is 0 Å². The molecule has 0 unspecified atom stereocenters. The summed E-state index contributed by atoms with van der Waals surface area (Å²) in [6.45, 7) is -2.09. The van der Waals surface area contributed by atoms with E-state index < -0.39 is 25.2 Å². The fraction of sp³-hybridized carbons (Fsp3) is 0.250. The second kappa shape index (κ2) is 5.22. The smallest absolute Gasteiger partial charge is 0.364 e. The molecule has 0 saturated heterocycles. The van der Waals surface area contributed by atoms with E-state index in [4.69, 9.17) is 11.6 Å². The number of nitrogens with one attached hydrogen (secondary N) is 1. The van der Waals surface area contributed by atoms with Gasteiger partial charge in [0.1, 0.15) is 13.2 Å². The van der Waals surface area contributed by atoms with Crippen LogP contribution in [-0.4, -0.2) is 30.2 Å². The molecule has 19 heavy (non-hydrogen) atoms. The highest BCUT2D eigenvalue weighted by Crippen LogP contribution is 2.27. The number of carbonyl (C=O) groups excluding carboxylic acids is 1. The lowest BCUT2D eigenvalue weighted by atomic mass is 10.1. The van der Waals surface area contributed by atoms with Gasteiger partial charge in [-0.25, -0.2) is 0 Å². The van der Waals surface area contributed by atoms with Gasteiger partial charge >= 0.3 is 6.18 Å². The van der Waals surface area contributed by atoms with Gasteiger partial charge in [0.05, 0.1) is 5.02 Å². The maximum atomic E-state index is 11.9. The van der Waals surface area contributed by atoms with Crippen LogP contribution in [0.25, 0.3) is 10.9 Å². The van der Waals surface area contributed by atoms with Gasteiger partial charge in [0, 0.05) is 22.7 Å². The first-order valence-corrected chi connectivity index (χ1v) is 5.69. The highest BCUT2D eigenvalue weighted by atomic mass is 35.5. The SMILES string of the molecule is O=C(COCC(F)(F)F)c1c[nH]c2cccc(Cl)c12. The van der Waals surface area contributed by atoms with Crippen molar-refractivity contribution in [1.29, 1.82) is 0 Å². The number of alkyl halides is 3. The molecule has 0 aliphatic rings. The van der Waals surface area contributed by atoms with E-state index in [9.17, 15) is 18.0 Å². The minimum atomic E-state index is -4.45. The van der Waals surface area contributed by atoms with E-state index in [-0.39, 0.29) is 5.56 Å². The number of hydrogen-bond donors (Lipinski definition) is 1. The van der Waals surface area contributed by atoms with E-state index in [0.717, 1.165) is 0 Å². The van der Waals surface area contributed by atoms with Crippen molar-refractivity contribution in [3.05, 3.63) is 35.0 Å². The number of hydrogen-bond acceptors (Lipinski definition) is 2. The number of H-pyrrole nitrogens is 1. The van der Waals surface area contributed by atoms with Gasteiger partial charge in [-0.3, -0.25) is 4.79 Å². The molecule has 0 spiro atoms. The molecule has 0 amide bonds. The van der Waals surface area contributed by atoms with Gasteiger partial charge in [-0.2, -0.15) is 13.2 Å². The van der Waals surface area contributed by atoms with Gasteiger partial charge in [-0.1, -0.05) is 17.7 Å². The van der Waals surface area contributed by atoms with E-state index in [0.29, 0.717) is 15.9 Å². The minimum Gasteiger partial charge on any atom is -0.364 e. The Morgan fingerprint density at radius 1 is 1.37 bits per heavy atom. The van der Waals surface area contributed by atoms with Crippen LogP contribution >= 0.6 is 11.6 Å². The monoisotopic (exact) mass is 291 g/mol. The number of halogens is 4. The molecule has 102 valence electrons. The standard InChI is InChI=1S/C12H9ClF3NO2/c13-8-2-1-3-9-11(8)7(4-17-9)10(18)5-19-6-12(14,15)16/h1-4,17H,5-6H2. The van der Waals surface area contributed by atoms with Gasteiger partial charge in [0.15, 0.2) is 5.78 Å². The van der Waals surface area contributed by atoms with Crippen molar-refractivity contribution in [3.8, 4) is 0 Å². The molecule has 2 aromatic rings. The normalized spacial score (nSPS) is 12.0. The van der Waals surface area contributed by atoms with Crippen LogP contribution in [0.15, 0.2) is 24.4 Å². The topological polar surface area (TPSA) is 42.1 Å². The summed E-state index contributed by atoms with van der Waals surface area (Å²) in [5.41, 5.74) is 0.870. The average Bonchev–Trinajstić information content (AvgIpc) is 2.72. The fourth-order valence-electron chi connectivity index (χ4n) is 1.70. The van der Waals surface area contributed by atoms with E-state index in [2.05, 4.69) is 9.72 Å². The predicted molar refractivity (Wildman–Crippen MR) is 64.5 cm³/mol. The summed E-state index contributed by atoms with van der Waals surface area (Å²) < 4.78 is 40.0. The third-order valence-corrected chi connectivity index (χ3v) is 2.77. The Labute approximate surface area is 111 Å². The van der Waals surface area contributed by atoms with Crippen molar-refractivity contribution in [2.45, 2.75) is 6.18 Å². The van der Waals surface area contributed by atoms with Gasteiger partial charge in [0.25, 0.3) is 0 Å². The summed E-state index contributed by atoms with van der Waals surface area (Å²) in [6, 6.07) is 5.02. The second-order valence-electron chi connectivity index (χ2n) is 3.90. The summed E-state index contributed by atoms with van der Waals surface area (Å²) in [5.74, 6) is -0.552. The molecule has 0 bridgehead atoms. The molecular weight excluding hydrogens is 283 g/mol. The molecule has 0 fully saturated rings. The molecule has 1 aromatic heterocycles. The zero-order valence-electron chi connectivity index (χ0n) is 9.55. The molecule has 0 atom stereocenters. The molecule has 0 saturated carbocycles. The van der Waals surface area contributed by atoms with E-state index in [1.54, 1.807) is 18.2 Å². The lowest BCUT2D eigenvalue weighted by molar-refractivity contribution is -0.170. The molecule has 2 rings (SSSR count). The molecule has 3 nitrogen and oxygen atoms in total. The van der Waals surface area contributed by atoms with Crippen molar-refractivity contribution in [1.82, 2.24) is 4.98 Å². The summed E-state index contributed by atoms with van der Waals surface area (Å²) in [5, 5.41) is 0.850. The van der Waals surface area contributed by atoms with Gasteiger partial charge in [0.2, 0.25) is 0 Å².